The highest BCUT2D eigenvalue weighted by Crippen LogP contribution is 2.29. The quantitative estimate of drug-likeness (QED) is 0.845. The third kappa shape index (κ3) is 3.83. The first-order valence-electron chi connectivity index (χ1n) is 8.58. The van der Waals surface area contributed by atoms with Crippen molar-refractivity contribution in [2.75, 3.05) is 13.1 Å². The van der Waals surface area contributed by atoms with Gasteiger partial charge in [0, 0.05) is 24.6 Å². The van der Waals surface area contributed by atoms with E-state index in [1.165, 1.54) is 0 Å². The molecule has 136 valence electrons. The molecule has 0 bridgehead atoms. The summed E-state index contributed by atoms with van der Waals surface area (Å²) in [5, 5.41) is 6.08. The molecule has 0 saturated carbocycles. The smallest absolute Gasteiger partial charge is 0.252 e. The van der Waals surface area contributed by atoms with Gasteiger partial charge in [0.2, 0.25) is 0 Å². The van der Waals surface area contributed by atoms with E-state index in [0.29, 0.717) is 35.0 Å². The van der Waals surface area contributed by atoms with Gasteiger partial charge in [-0.3, -0.25) is 9.59 Å². The Labute approximate surface area is 157 Å². The Bertz CT molecular complexity index is 836. The van der Waals surface area contributed by atoms with Gasteiger partial charge in [-0.2, -0.15) is 0 Å². The molecule has 5 nitrogen and oxygen atoms in total. The van der Waals surface area contributed by atoms with Crippen molar-refractivity contribution >= 4 is 23.4 Å². The summed E-state index contributed by atoms with van der Waals surface area (Å²) in [6, 6.07) is 12.6. The van der Waals surface area contributed by atoms with Gasteiger partial charge in [-0.1, -0.05) is 35.9 Å². The van der Waals surface area contributed by atoms with Crippen LogP contribution in [0.3, 0.4) is 0 Å². The summed E-state index contributed by atoms with van der Waals surface area (Å²) in [4.78, 5) is 24.5. The molecule has 0 spiro atoms. The van der Waals surface area contributed by atoms with Gasteiger partial charge in [-0.25, -0.2) is 0 Å². The van der Waals surface area contributed by atoms with Crippen LogP contribution in [0.1, 0.15) is 46.0 Å². The number of hydrogen-bond acceptors (Lipinski definition) is 3. The largest absolute Gasteiger partial charge is 0.489 e. The molecule has 2 amide bonds. The number of nitrogens with one attached hydrogen (secondary N) is 2. The van der Waals surface area contributed by atoms with Crippen molar-refractivity contribution < 1.29 is 14.3 Å². The molecule has 1 aliphatic heterocycles. The second-order valence-electron chi connectivity index (χ2n) is 6.49. The Kier molecular flexibility index (Phi) is 5.47. The molecule has 26 heavy (non-hydrogen) atoms. The number of hydrogen-bond donors (Lipinski definition) is 2. The van der Waals surface area contributed by atoms with Crippen LogP contribution in [0.5, 0.6) is 5.75 Å². The summed E-state index contributed by atoms with van der Waals surface area (Å²) in [7, 11) is 0. The monoisotopic (exact) mass is 372 g/mol. The number of halogens is 1. The lowest BCUT2D eigenvalue weighted by Crippen LogP contribution is -2.40. The summed E-state index contributed by atoms with van der Waals surface area (Å²) in [6.45, 7) is 4.69. The molecule has 0 aromatic heterocycles. The van der Waals surface area contributed by atoms with Gasteiger partial charge in [-0.15, -0.1) is 0 Å². The van der Waals surface area contributed by atoms with Crippen LogP contribution in [-0.2, 0) is 0 Å². The number of ether oxygens (including phenoxy) is 1. The number of rotatable bonds is 5. The summed E-state index contributed by atoms with van der Waals surface area (Å²) >= 11 is 6.33. The minimum atomic E-state index is -0.265. The average Bonchev–Trinajstić information content (AvgIpc) is 2.62. The van der Waals surface area contributed by atoms with Crippen LogP contribution >= 0.6 is 11.6 Å². The molecule has 1 unspecified atom stereocenters. The van der Waals surface area contributed by atoms with E-state index in [1.807, 2.05) is 32.0 Å². The zero-order chi connectivity index (χ0) is 18.7. The van der Waals surface area contributed by atoms with Crippen LogP contribution in [0, 0.1) is 0 Å². The SMILES string of the molecule is CC(C)Oc1cccc(C(=O)NCC2CNC(=O)c3ccccc32)c1Cl. The van der Waals surface area contributed by atoms with E-state index < -0.39 is 0 Å². The van der Waals surface area contributed by atoms with Crippen molar-refractivity contribution in [3.63, 3.8) is 0 Å². The molecule has 6 heteroatoms. The van der Waals surface area contributed by atoms with Gasteiger partial charge in [0.05, 0.1) is 16.7 Å². The van der Waals surface area contributed by atoms with E-state index in [0.717, 1.165) is 5.56 Å². The number of benzene rings is 2. The topological polar surface area (TPSA) is 67.4 Å². The Morgan fingerprint density at radius 3 is 2.81 bits per heavy atom. The predicted molar refractivity (Wildman–Crippen MR) is 101 cm³/mol. The number of carbonyl (C=O) groups excluding carboxylic acids is 2. The first-order valence-corrected chi connectivity index (χ1v) is 8.95. The van der Waals surface area contributed by atoms with Gasteiger partial charge in [0.15, 0.2) is 0 Å². The van der Waals surface area contributed by atoms with Crippen molar-refractivity contribution in [1.82, 2.24) is 10.6 Å². The number of fused-ring (bicyclic) bond motifs is 1. The third-order valence-electron chi connectivity index (χ3n) is 4.23. The van der Waals surface area contributed by atoms with Gasteiger partial charge in [-0.05, 0) is 37.6 Å². The fraction of sp³-hybridized carbons (Fsp3) is 0.300. The van der Waals surface area contributed by atoms with Crippen LogP contribution < -0.4 is 15.4 Å². The summed E-state index contributed by atoms with van der Waals surface area (Å²) in [6.07, 6.45) is -0.0341. The van der Waals surface area contributed by atoms with E-state index in [-0.39, 0.29) is 23.8 Å². The molecular weight excluding hydrogens is 352 g/mol. The maximum atomic E-state index is 12.6. The Balaban J connectivity index is 1.72. The van der Waals surface area contributed by atoms with Gasteiger partial charge in [0.25, 0.3) is 11.8 Å². The van der Waals surface area contributed by atoms with Crippen LogP contribution in [0.25, 0.3) is 0 Å². The van der Waals surface area contributed by atoms with Crippen LogP contribution in [0.2, 0.25) is 5.02 Å². The third-order valence-corrected chi connectivity index (χ3v) is 4.62. The molecule has 2 aromatic carbocycles. The highest BCUT2D eigenvalue weighted by molar-refractivity contribution is 6.35. The Morgan fingerprint density at radius 2 is 2.04 bits per heavy atom. The molecule has 1 atom stereocenters. The maximum Gasteiger partial charge on any atom is 0.252 e. The molecule has 1 heterocycles. The number of carbonyl (C=O) groups is 2. The van der Waals surface area contributed by atoms with E-state index in [4.69, 9.17) is 16.3 Å². The first-order chi connectivity index (χ1) is 12.5. The van der Waals surface area contributed by atoms with E-state index in [2.05, 4.69) is 10.6 Å². The normalized spacial score (nSPS) is 16.0. The molecule has 2 N–H and O–H groups in total. The Hall–Kier alpha value is -2.53. The molecule has 0 radical (unpaired) electrons. The Morgan fingerprint density at radius 1 is 1.27 bits per heavy atom. The van der Waals surface area contributed by atoms with Crippen molar-refractivity contribution in [3.8, 4) is 5.75 Å². The van der Waals surface area contributed by atoms with Gasteiger partial charge in [0.1, 0.15) is 5.75 Å². The second-order valence-corrected chi connectivity index (χ2v) is 6.87. The van der Waals surface area contributed by atoms with E-state index in [1.54, 1.807) is 24.3 Å². The molecule has 3 rings (SSSR count). The fourth-order valence-electron chi connectivity index (χ4n) is 3.01. The minimum Gasteiger partial charge on any atom is -0.489 e. The lowest BCUT2D eigenvalue weighted by atomic mass is 9.90. The highest BCUT2D eigenvalue weighted by atomic mass is 35.5. The molecular formula is C20H21ClN2O3. The van der Waals surface area contributed by atoms with E-state index in [9.17, 15) is 9.59 Å². The fourth-order valence-corrected chi connectivity index (χ4v) is 3.26. The molecule has 0 fully saturated rings. The highest BCUT2D eigenvalue weighted by Gasteiger charge is 2.25. The summed E-state index contributed by atoms with van der Waals surface area (Å²) in [5.74, 6) is 0.162. The zero-order valence-corrected chi connectivity index (χ0v) is 15.5. The second kappa shape index (κ2) is 7.79. The van der Waals surface area contributed by atoms with Crippen LogP contribution in [0.15, 0.2) is 42.5 Å². The van der Waals surface area contributed by atoms with Crippen LogP contribution in [0.4, 0.5) is 0 Å². The van der Waals surface area contributed by atoms with Crippen molar-refractivity contribution in [3.05, 3.63) is 64.2 Å². The summed E-state index contributed by atoms with van der Waals surface area (Å²) in [5.41, 5.74) is 1.97. The van der Waals surface area contributed by atoms with Gasteiger partial charge >= 0.3 is 0 Å². The van der Waals surface area contributed by atoms with Gasteiger partial charge < -0.3 is 15.4 Å². The lowest BCUT2D eigenvalue weighted by molar-refractivity contribution is 0.0935. The molecule has 0 saturated heterocycles. The lowest BCUT2D eigenvalue weighted by Gasteiger charge is -2.26. The van der Waals surface area contributed by atoms with Crippen molar-refractivity contribution in [2.24, 2.45) is 0 Å². The van der Waals surface area contributed by atoms with E-state index >= 15 is 0 Å². The maximum absolute atomic E-state index is 12.6. The average molecular weight is 373 g/mol. The van der Waals surface area contributed by atoms with Crippen LogP contribution in [-0.4, -0.2) is 31.0 Å². The summed E-state index contributed by atoms with van der Waals surface area (Å²) < 4.78 is 5.63. The standard InChI is InChI=1S/C20H21ClN2O3/c1-12(2)26-17-9-5-8-16(18(17)21)20(25)23-11-13-10-22-19(24)15-7-4-3-6-14(13)15/h3-9,12-13H,10-11H2,1-2H3,(H,22,24)(H,23,25). The minimum absolute atomic E-state index is 0.0155. The molecule has 2 aromatic rings. The number of amides is 2. The first kappa shape index (κ1) is 18.3. The molecule has 0 aliphatic carbocycles. The zero-order valence-electron chi connectivity index (χ0n) is 14.7. The molecule has 1 aliphatic rings. The van der Waals surface area contributed by atoms with Crippen molar-refractivity contribution in [1.29, 1.82) is 0 Å². The predicted octanol–water partition coefficient (Wildman–Crippen LogP) is 3.38. The van der Waals surface area contributed by atoms with Crippen molar-refractivity contribution in [2.45, 2.75) is 25.9 Å².